The van der Waals surface area contributed by atoms with E-state index >= 15 is 0 Å². The molecule has 0 unspecified atom stereocenters. The number of hydrogen-bond donors (Lipinski definition) is 1. The highest BCUT2D eigenvalue weighted by Crippen LogP contribution is 2.37. The van der Waals surface area contributed by atoms with E-state index in [1.807, 2.05) is 6.92 Å². The van der Waals surface area contributed by atoms with Gasteiger partial charge in [0.05, 0.1) is 12.0 Å². The van der Waals surface area contributed by atoms with E-state index < -0.39 is 0 Å². The number of ether oxygens (including phenoxy) is 1. The smallest absolute Gasteiger partial charge is 0.294 e. The maximum absolute atomic E-state index is 12.4. The van der Waals surface area contributed by atoms with Crippen molar-refractivity contribution >= 4 is 23.4 Å². The van der Waals surface area contributed by atoms with E-state index in [9.17, 15) is 4.79 Å². The Morgan fingerprint density at radius 3 is 2.90 bits per heavy atom. The molecule has 0 atom stereocenters. The number of nitrogens with two attached hydrogens (primary N) is 1. The molecule has 1 aromatic heterocycles. The number of rotatable bonds is 2. The molecule has 20 heavy (non-hydrogen) atoms. The summed E-state index contributed by atoms with van der Waals surface area (Å²) in [6, 6.07) is 8.76. The minimum Gasteiger partial charge on any atom is -0.465 e. The highest BCUT2D eigenvalue weighted by Gasteiger charge is 2.29. The molecule has 2 N–H and O–H groups in total. The molecule has 0 radical (unpaired) electrons. The average Bonchev–Trinajstić information content (AvgIpc) is 2.93. The van der Waals surface area contributed by atoms with Crippen molar-refractivity contribution in [2.45, 2.75) is 6.92 Å². The molecule has 1 aliphatic heterocycles. The lowest BCUT2D eigenvalue weighted by atomic mass is 10.2. The van der Waals surface area contributed by atoms with E-state index in [2.05, 4.69) is 0 Å². The fourth-order valence-electron chi connectivity index (χ4n) is 2.14. The van der Waals surface area contributed by atoms with Crippen LogP contribution in [-0.2, 0) is 4.79 Å². The van der Waals surface area contributed by atoms with Crippen LogP contribution in [0.15, 0.2) is 46.8 Å². The second-order valence-corrected chi connectivity index (χ2v) is 4.40. The minimum absolute atomic E-state index is 0.206. The Morgan fingerprint density at radius 1 is 1.35 bits per heavy atom. The molecule has 0 fully saturated rings. The van der Waals surface area contributed by atoms with Crippen LogP contribution in [0.3, 0.4) is 0 Å². The summed E-state index contributed by atoms with van der Waals surface area (Å²) in [5.74, 6) is 1.21. The van der Waals surface area contributed by atoms with Crippen molar-refractivity contribution in [1.82, 2.24) is 0 Å². The number of amides is 1. The van der Waals surface area contributed by atoms with Crippen LogP contribution in [0.5, 0.6) is 5.75 Å². The summed E-state index contributed by atoms with van der Waals surface area (Å²) in [7, 11) is 0. The van der Waals surface area contributed by atoms with Crippen molar-refractivity contribution in [3.05, 3.63) is 48.1 Å². The van der Waals surface area contributed by atoms with E-state index in [0.29, 0.717) is 29.4 Å². The number of fused-ring (bicyclic) bond motifs is 1. The lowest BCUT2D eigenvalue weighted by molar-refractivity contribution is -0.117. The van der Waals surface area contributed by atoms with Crippen molar-refractivity contribution < 1.29 is 13.9 Å². The summed E-state index contributed by atoms with van der Waals surface area (Å²) in [5.41, 5.74) is 7.05. The number of carbonyl (C=O) groups excluding carboxylic acids is 1. The molecular formula is C15H14N2O3. The number of carbonyl (C=O) groups is 1. The Morgan fingerprint density at radius 2 is 2.20 bits per heavy atom. The zero-order chi connectivity index (χ0) is 14.1. The predicted octanol–water partition coefficient (Wildman–Crippen LogP) is 2.65. The Labute approximate surface area is 116 Å². The number of hydrogen-bond acceptors (Lipinski definition) is 4. The van der Waals surface area contributed by atoms with Gasteiger partial charge >= 0.3 is 0 Å². The lowest BCUT2D eigenvalue weighted by Gasteiger charge is -2.29. The molecule has 5 nitrogen and oxygen atoms in total. The van der Waals surface area contributed by atoms with Gasteiger partial charge in [0.1, 0.15) is 5.76 Å². The van der Waals surface area contributed by atoms with Crippen LogP contribution < -0.4 is 15.4 Å². The number of nitrogens with zero attached hydrogens (tertiary/aromatic N) is 1. The van der Waals surface area contributed by atoms with Gasteiger partial charge in [0.2, 0.25) is 0 Å². The summed E-state index contributed by atoms with van der Waals surface area (Å²) in [6.45, 7) is 2.44. The van der Waals surface area contributed by atoms with E-state index in [1.165, 1.54) is 0 Å². The minimum atomic E-state index is -0.206. The zero-order valence-corrected chi connectivity index (χ0v) is 11.0. The van der Waals surface area contributed by atoms with Gasteiger partial charge in [0.15, 0.2) is 11.5 Å². The Balaban J connectivity index is 2.06. The SMILES string of the molecule is CCN1C(=O)/C(=C\c2ccco2)Oc2ccc(N)cc21. The molecule has 0 saturated carbocycles. The number of likely N-dealkylation sites (N-methyl/N-ethyl adjacent to an activating group) is 1. The number of furan rings is 1. The molecule has 2 aromatic rings. The van der Waals surface area contributed by atoms with Crippen molar-refractivity contribution in [1.29, 1.82) is 0 Å². The first-order valence-electron chi connectivity index (χ1n) is 6.33. The number of anilines is 2. The van der Waals surface area contributed by atoms with Crippen LogP contribution >= 0.6 is 0 Å². The van der Waals surface area contributed by atoms with Crippen molar-refractivity contribution in [3.8, 4) is 5.75 Å². The zero-order valence-electron chi connectivity index (χ0n) is 11.0. The first-order chi connectivity index (χ1) is 9.69. The molecule has 1 amide bonds. The quantitative estimate of drug-likeness (QED) is 0.672. The number of benzene rings is 1. The third-order valence-corrected chi connectivity index (χ3v) is 3.08. The lowest BCUT2D eigenvalue weighted by Crippen LogP contribution is -2.37. The van der Waals surface area contributed by atoms with Crippen molar-refractivity contribution in [3.63, 3.8) is 0 Å². The molecule has 0 aliphatic carbocycles. The van der Waals surface area contributed by atoms with Gasteiger partial charge in [-0.2, -0.15) is 0 Å². The first-order valence-corrected chi connectivity index (χ1v) is 6.33. The fourth-order valence-corrected chi connectivity index (χ4v) is 2.14. The molecule has 2 heterocycles. The summed E-state index contributed by atoms with van der Waals surface area (Å²) in [6.07, 6.45) is 3.14. The van der Waals surface area contributed by atoms with E-state index in [4.69, 9.17) is 14.9 Å². The summed E-state index contributed by atoms with van der Waals surface area (Å²) in [5, 5.41) is 0. The maximum atomic E-state index is 12.4. The Bertz CT molecular complexity index is 674. The standard InChI is InChI=1S/C15H14N2O3/c1-2-17-12-8-10(16)5-6-13(12)20-14(15(17)18)9-11-4-3-7-19-11/h3-9H,2,16H2,1H3/b14-9+. The highest BCUT2D eigenvalue weighted by molar-refractivity contribution is 6.09. The van der Waals surface area contributed by atoms with E-state index in [0.717, 1.165) is 0 Å². The topological polar surface area (TPSA) is 68.7 Å². The normalized spacial score (nSPS) is 16.1. The van der Waals surface area contributed by atoms with Gasteiger partial charge < -0.3 is 19.8 Å². The third-order valence-electron chi connectivity index (χ3n) is 3.08. The van der Waals surface area contributed by atoms with E-state index in [-0.39, 0.29) is 11.7 Å². The second-order valence-electron chi connectivity index (χ2n) is 4.40. The van der Waals surface area contributed by atoms with Gasteiger partial charge in [0.25, 0.3) is 5.91 Å². The van der Waals surface area contributed by atoms with Crippen LogP contribution in [0.2, 0.25) is 0 Å². The molecule has 0 spiro atoms. The van der Waals surface area contributed by atoms with Gasteiger partial charge in [-0.3, -0.25) is 4.79 Å². The van der Waals surface area contributed by atoms with Gasteiger partial charge in [-0.25, -0.2) is 0 Å². The van der Waals surface area contributed by atoms with Crippen LogP contribution in [0.4, 0.5) is 11.4 Å². The van der Waals surface area contributed by atoms with Crippen LogP contribution in [0, 0.1) is 0 Å². The highest BCUT2D eigenvalue weighted by atomic mass is 16.5. The first kappa shape index (κ1) is 12.3. The molecular weight excluding hydrogens is 256 g/mol. The predicted molar refractivity (Wildman–Crippen MR) is 76.2 cm³/mol. The van der Waals surface area contributed by atoms with Crippen LogP contribution in [0.25, 0.3) is 6.08 Å². The molecule has 5 heteroatoms. The summed E-state index contributed by atoms with van der Waals surface area (Å²) >= 11 is 0. The molecule has 3 rings (SSSR count). The van der Waals surface area contributed by atoms with Crippen LogP contribution in [0.1, 0.15) is 12.7 Å². The molecule has 1 aliphatic rings. The van der Waals surface area contributed by atoms with Gasteiger partial charge in [-0.15, -0.1) is 0 Å². The third kappa shape index (κ3) is 2.03. The summed E-state index contributed by atoms with van der Waals surface area (Å²) in [4.78, 5) is 14.0. The summed E-state index contributed by atoms with van der Waals surface area (Å²) < 4.78 is 10.9. The molecule has 0 bridgehead atoms. The molecule has 0 saturated heterocycles. The Hall–Kier alpha value is -2.69. The van der Waals surface area contributed by atoms with Gasteiger partial charge in [0, 0.05) is 18.3 Å². The fraction of sp³-hybridized carbons (Fsp3) is 0.133. The molecule has 102 valence electrons. The van der Waals surface area contributed by atoms with E-state index in [1.54, 1.807) is 47.6 Å². The van der Waals surface area contributed by atoms with Crippen molar-refractivity contribution in [2.24, 2.45) is 0 Å². The monoisotopic (exact) mass is 270 g/mol. The van der Waals surface area contributed by atoms with Crippen molar-refractivity contribution in [2.75, 3.05) is 17.2 Å². The largest absolute Gasteiger partial charge is 0.465 e. The second kappa shape index (κ2) is 4.77. The number of nitrogen functional groups attached to an aromatic ring is 1. The Kier molecular flexibility index (Phi) is 2.95. The maximum Gasteiger partial charge on any atom is 0.294 e. The van der Waals surface area contributed by atoms with Gasteiger partial charge in [-0.05, 0) is 37.3 Å². The average molecular weight is 270 g/mol. The molecule has 1 aromatic carbocycles. The van der Waals surface area contributed by atoms with Crippen LogP contribution in [-0.4, -0.2) is 12.5 Å². The van der Waals surface area contributed by atoms with Gasteiger partial charge in [-0.1, -0.05) is 0 Å².